The monoisotopic (exact) mass is 224 g/mol. The van der Waals surface area contributed by atoms with Gasteiger partial charge in [-0.1, -0.05) is 30.3 Å². The number of carbonyl (C=O) groups excluding carboxylic acids is 1. The minimum absolute atomic E-state index is 0.00989. The van der Waals surface area contributed by atoms with Crippen molar-refractivity contribution in [2.75, 3.05) is 20.0 Å². The van der Waals surface area contributed by atoms with Crippen LogP contribution in [0.1, 0.15) is 12.5 Å². The van der Waals surface area contributed by atoms with E-state index in [0.717, 1.165) is 5.56 Å². The van der Waals surface area contributed by atoms with Crippen LogP contribution in [-0.4, -0.2) is 26.0 Å². The van der Waals surface area contributed by atoms with Gasteiger partial charge >= 0.3 is 5.97 Å². The van der Waals surface area contributed by atoms with Gasteiger partial charge in [-0.3, -0.25) is 4.79 Å². The van der Waals surface area contributed by atoms with Crippen molar-refractivity contribution in [2.24, 2.45) is 0 Å². The SMILES string of the molecule is CC(=O)OCOCCOCc1ccccc1. The van der Waals surface area contributed by atoms with Gasteiger partial charge in [0.2, 0.25) is 0 Å². The molecule has 0 saturated carbocycles. The minimum atomic E-state index is -0.342. The summed E-state index contributed by atoms with van der Waals surface area (Å²) in [4.78, 5) is 10.4. The van der Waals surface area contributed by atoms with Crippen LogP contribution in [0.5, 0.6) is 0 Å². The maximum Gasteiger partial charge on any atom is 0.304 e. The second-order valence-corrected chi connectivity index (χ2v) is 3.20. The second-order valence-electron chi connectivity index (χ2n) is 3.20. The van der Waals surface area contributed by atoms with Gasteiger partial charge in [0, 0.05) is 6.92 Å². The molecule has 0 spiro atoms. The topological polar surface area (TPSA) is 44.8 Å². The molecule has 88 valence electrons. The Hall–Kier alpha value is -1.39. The number of benzene rings is 1. The van der Waals surface area contributed by atoms with Crippen molar-refractivity contribution in [1.82, 2.24) is 0 Å². The van der Waals surface area contributed by atoms with Crippen LogP contribution in [0.2, 0.25) is 0 Å². The molecule has 0 bridgehead atoms. The van der Waals surface area contributed by atoms with Crippen molar-refractivity contribution in [3.05, 3.63) is 35.9 Å². The lowest BCUT2D eigenvalue weighted by Gasteiger charge is -2.05. The highest BCUT2D eigenvalue weighted by Crippen LogP contribution is 1.99. The lowest BCUT2D eigenvalue weighted by molar-refractivity contribution is -0.154. The third-order valence-electron chi connectivity index (χ3n) is 1.83. The lowest BCUT2D eigenvalue weighted by atomic mass is 10.2. The van der Waals surface area contributed by atoms with E-state index < -0.39 is 0 Å². The summed E-state index contributed by atoms with van der Waals surface area (Å²) in [5.74, 6) is -0.342. The smallest absolute Gasteiger partial charge is 0.304 e. The first-order valence-electron chi connectivity index (χ1n) is 5.12. The molecule has 0 aromatic heterocycles. The van der Waals surface area contributed by atoms with Gasteiger partial charge < -0.3 is 14.2 Å². The lowest BCUT2D eigenvalue weighted by Crippen LogP contribution is -2.09. The zero-order valence-electron chi connectivity index (χ0n) is 9.35. The third kappa shape index (κ3) is 6.16. The Labute approximate surface area is 95.1 Å². The van der Waals surface area contributed by atoms with Gasteiger partial charge in [0.15, 0.2) is 6.79 Å². The minimum Gasteiger partial charge on any atom is -0.439 e. The van der Waals surface area contributed by atoms with E-state index in [4.69, 9.17) is 9.47 Å². The molecule has 0 aliphatic rings. The Morgan fingerprint density at radius 3 is 2.50 bits per heavy atom. The number of ether oxygens (including phenoxy) is 3. The molecule has 0 radical (unpaired) electrons. The van der Waals surface area contributed by atoms with E-state index in [0.29, 0.717) is 19.8 Å². The van der Waals surface area contributed by atoms with Crippen molar-refractivity contribution >= 4 is 5.97 Å². The van der Waals surface area contributed by atoms with Gasteiger partial charge in [0.1, 0.15) is 0 Å². The predicted octanol–water partition coefficient (Wildman–Crippen LogP) is 1.74. The summed E-state index contributed by atoms with van der Waals surface area (Å²) in [5.41, 5.74) is 1.13. The fraction of sp³-hybridized carbons (Fsp3) is 0.417. The molecule has 0 aliphatic carbocycles. The molecule has 0 fully saturated rings. The Bertz CT molecular complexity index is 297. The molecule has 0 N–H and O–H groups in total. The fourth-order valence-corrected chi connectivity index (χ4v) is 1.07. The molecule has 16 heavy (non-hydrogen) atoms. The van der Waals surface area contributed by atoms with Gasteiger partial charge in [0.05, 0.1) is 19.8 Å². The molecule has 0 unspecified atom stereocenters. The first-order chi connectivity index (χ1) is 7.79. The van der Waals surface area contributed by atoms with E-state index in [-0.39, 0.29) is 12.8 Å². The highest BCUT2D eigenvalue weighted by molar-refractivity contribution is 5.65. The third-order valence-corrected chi connectivity index (χ3v) is 1.83. The molecule has 0 amide bonds. The number of hydrogen-bond donors (Lipinski definition) is 0. The Morgan fingerprint density at radius 1 is 1.12 bits per heavy atom. The standard InChI is InChI=1S/C12H16O4/c1-11(13)16-10-15-8-7-14-9-12-5-3-2-4-6-12/h2-6H,7-10H2,1H3. The molecule has 1 aromatic carbocycles. The van der Waals surface area contributed by atoms with E-state index in [1.807, 2.05) is 30.3 Å². The van der Waals surface area contributed by atoms with Crippen molar-refractivity contribution in [1.29, 1.82) is 0 Å². The molecule has 1 aromatic rings. The summed E-state index contributed by atoms with van der Waals surface area (Å²) in [7, 11) is 0. The summed E-state index contributed by atoms with van der Waals surface area (Å²) < 4.78 is 15.0. The highest BCUT2D eigenvalue weighted by Gasteiger charge is 1.94. The summed E-state index contributed by atoms with van der Waals surface area (Å²) in [6, 6.07) is 9.90. The maximum absolute atomic E-state index is 10.4. The largest absolute Gasteiger partial charge is 0.439 e. The average molecular weight is 224 g/mol. The van der Waals surface area contributed by atoms with Crippen LogP contribution in [0.25, 0.3) is 0 Å². The molecular weight excluding hydrogens is 208 g/mol. The van der Waals surface area contributed by atoms with E-state index >= 15 is 0 Å². The normalized spacial score (nSPS) is 10.1. The quantitative estimate of drug-likeness (QED) is 0.402. The summed E-state index contributed by atoms with van der Waals surface area (Å²) in [6.07, 6.45) is 0. The highest BCUT2D eigenvalue weighted by atomic mass is 16.7. The van der Waals surface area contributed by atoms with Crippen LogP contribution in [0.3, 0.4) is 0 Å². The zero-order valence-corrected chi connectivity index (χ0v) is 9.35. The van der Waals surface area contributed by atoms with Crippen molar-refractivity contribution in [3.8, 4) is 0 Å². The average Bonchev–Trinajstić information content (AvgIpc) is 2.29. The van der Waals surface area contributed by atoms with Crippen molar-refractivity contribution in [3.63, 3.8) is 0 Å². The molecular formula is C12H16O4. The van der Waals surface area contributed by atoms with Gasteiger partial charge in [-0.25, -0.2) is 0 Å². The van der Waals surface area contributed by atoms with Gasteiger partial charge in [-0.05, 0) is 5.56 Å². The van der Waals surface area contributed by atoms with E-state index in [2.05, 4.69) is 4.74 Å². The van der Waals surface area contributed by atoms with Crippen LogP contribution in [0.4, 0.5) is 0 Å². The van der Waals surface area contributed by atoms with Crippen LogP contribution in [0, 0.1) is 0 Å². The number of esters is 1. The Morgan fingerprint density at radius 2 is 1.81 bits per heavy atom. The van der Waals surface area contributed by atoms with E-state index in [9.17, 15) is 4.79 Å². The zero-order chi connectivity index (χ0) is 11.6. The molecule has 0 atom stereocenters. The van der Waals surface area contributed by atoms with Crippen LogP contribution in [-0.2, 0) is 25.6 Å². The number of carbonyl (C=O) groups is 1. The van der Waals surface area contributed by atoms with Crippen LogP contribution >= 0.6 is 0 Å². The molecule has 4 heteroatoms. The summed E-state index contributed by atoms with van der Waals surface area (Å²) in [5, 5.41) is 0. The van der Waals surface area contributed by atoms with Crippen molar-refractivity contribution in [2.45, 2.75) is 13.5 Å². The van der Waals surface area contributed by atoms with Gasteiger partial charge in [-0.15, -0.1) is 0 Å². The first-order valence-corrected chi connectivity index (χ1v) is 5.12. The molecule has 0 aliphatic heterocycles. The first kappa shape index (κ1) is 12.7. The van der Waals surface area contributed by atoms with Crippen molar-refractivity contribution < 1.29 is 19.0 Å². The molecule has 0 heterocycles. The molecule has 1 rings (SSSR count). The van der Waals surface area contributed by atoms with E-state index in [1.54, 1.807) is 0 Å². The Balaban J connectivity index is 1.94. The second kappa shape index (κ2) is 7.84. The fourth-order valence-electron chi connectivity index (χ4n) is 1.07. The summed E-state index contributed by atoms with van der Waals surface area (Å²) >= 11 is 0. The van der Waals surface area contributed by atoms with Gasteiger partial charge in [-0.2, -0.15) is 0 Å². The molecule has 0 saturated heterocycles. The number of hydrogen-bond acceptors (Lipinski definition) is 4. The maximum atomic E-state index is 10.4. The van der Waals surface area contributed by atoms with Crippen LogP contribution in [0.15, 0.2) is 30.3 Å². The van der Waals surface area contributed by atoms with E-state index in [1.165, 1.54) is 6.92 Å². The van der Waals surface area contributed by atoms with Crippen LogP contribution < -0.4 is 0 Å². The molecule has 4 nitrogen and oxygen atoms in total. The number of rotatable bonds is 7. The predicted molar refractivity (Wildman–Crippen MR) is 58.7 cm³/mol. The summed E-state index contributed by atoms with van der Waals surface area (Å²) in [6.45, 7) is 2.80. The Kier molecular flexibility index (Phi) is 6.22. The van der Waals surface area contributed by atoms with Gasteiger partial charge in [0.25, 0.3) is 0 Å².